The number of sulfone groups is 3. The molecule has 2 fully saturated rings. The van der Waals surface area contributed by atoms with Gasteiger partial charge in [0.05, 0.1) is 41.0 Å². The highest BCUT2D eigenvalue weighted by atomic mass is 79.9. The zero-order chi connectivity index (χ0) is 46.7. The van der Waals surface area contributed by atoms with E-state index in [4.69, 9.17) is 5.73 Å². The summed E-state index contributed by atoms with van der Waals surface area (Å²) in [6, 6.07) is 14.8. The molecule has 6 aromatic rings. The number of aromatic nitrogens is 6. The number of rotatable bonds is 14. The number of nitrogens with zero attached hydrogens (tertiary/aromatic N) is 6. The van der Waals surface area contributed by atoms with E-state index >= 15 is 0 Å². The number of Topliss-reactive ketones (excluding diaryl/α,β-unsaturated/α-hetero) is 1. The number of hydrogen-bond donors (Lipinski definition) is 3. The highest BCUT2D eigenvalue weighted by Crippen LogP contribution is 2.35. The molecule has 0 saturated heterocycles. The van der Waals surface area contributed by atoms with Gasteiger partial charge in [-0.3, -0.25) is 9.59 Å². The number of aryl methyl sites for hydroxylation is 2. The first-order chi connectivity index (χ1) is 30.0. The molecular weight excluding hydrogens is 1010 g/mol. The largest absolute Gasteiger partial charge is 0.381 e. The number of halogens is 2. The van der Waals surface area contributed by atoms with Crippen LogP contribution in [0.4, 0.5) is 5.69 Å². The van der Waals surface area contributed by atoms with Crippen molar-refractivity contribution in [1.29, 1.82) is 0 Å². The van der Waals surface area contributed by atoms with Crippen molar-refractivity contribution in [3.63, 3.8) is 0 Å². The van der Waals surface area contributed by atoms with E-state index in [1.807, 2.05) is 44.2 Å². The summed E-state index contributed by atoms with van der Waals surface area (Å²) in [6.45, 7) is 4.33. The Morgan fingerprint density at radius 3 is 1.75 bits per heavy atom. The number of ketones is 1. The van der Waals surface area contributed by atoms with Crippen LogP contribution in [-0.4, -0.2) is 116 Å². The lowest BCUT2D eigenvalue weighted by Gasteiger charge is -2.10. The zero-order valence-electron chi connectivity index (χ0n) is 35.8. The zero-order valence-corrected chi connectivity index (χ0v) is 41.4. The number of anilines is 1. The molecule has 4 heterocycles. The topological polar surface area (TPSA) is 247 Å². The highest BCUT2D eigenvalue weighted by molar-refractivity contribution is 9.10. The normalized spacial score (nSPS) is 14.1. The Morgan fingerprint density at radius 2 is 1.27 bits per heavy atom. The van der Waals surface area contributed by atoms with Gasteiger partial charge in [0.1, 0.15) is 33.8 Å². The summed E-state index contributed by atoms with van der Waals surface area (Å²) in [5, 5.41) is 15.0. The van der Waals surface area contributed by atoms with Gasteiger partial charge in [-0.15, -0.1) is 0 Å². The minimum absolute atomic E-state index is 0.0300. The minimum Gasteiger partial charge on any atom is -0.381 e. The molecule has 2 aliphatic carbocycles. The second-order valence-electron chi connectivity index (χ2n) is 16.1. The van der Waals surface area contributed by atoms with Gasteiger partial charge in [-0.1, -0.05) is 18.2 Å². The predicted octanol–water partition coefficient (Wildman–Crippen LogP) is 5.66. The third-order valence-corrected chi connectivity index (χ3v) is 14.0. The molecule has 0 unspecified atom stereocenters. The monoisotopic (exact) mass is 1060 g/mol. The molecule has 0 radical (unpaired) electrons. The summed E-state index contributed by atoms with van der Waals surface area (Å²) in [6.07, 6.45) is 11.9. The fraction of sp³-hybridized carbons (Fsp3) is 0.381. The number of carbonyl (C=O) groups is 2. The fourth-order valence-electron chi connectivity index (χ4n) is 6.63. The molecule has 0 spiro atoms. The van der Waals surface area contributed by atoms with Gasteiger partial charge in [0, 0.05) is 66.6 Å². The van der Waals surface area contributed by atoms with Crippen LogP contribution >= 0.6 is 31.9 Å². The third-order valence-electron chi connectivity index (χ3n) is 10.2. The number of benzene rings is 2. The van der Waals surface area contributed by atoms with Crippen molar-refractivity contribution in [3.05, 3.63) is 92.4 Å². The van der Waals surface area contributed by atoms with Gasteiger partial charge in [-0.25, -0.2) is 44.3 Å². The van der Waals surface area contributed by atoms with Crippen LogP contribution < -0.4 is 16.4 Å². The first-order valence-corrected chi connectivity index (χ1v) is 27.7. The van der Waals surface area contributed by atoms with Crippen molar-refractivity contribution >= 4 is 90.0 Å². The molecule has 17 nitrogen and oxygen atoms in total. The summed E-state index contributed by atoms with van der Waals surface area (Å²) in [4.78, 5) is 33.7. The summed E-state index contributed by atoms with van der Waals surface area (Å²) < 4.78 is 71.5. The predicted molar refractivity (Wildman–Crippen MR) is 254 cm³/mol. The number of fused-ring (bicyclic) bond motifs is 2. The Kier molecular flexibility index (Phi) is 15.2. The van der Waals surface area contributed by atoms with E-state index in [2.05, 4.69) is 62.7 Å². The molecule has 2 aromatic carbocycles. The van der Waals surface area contributed by atoms with Crippen molar-refractivity contribution in [2.45, 2.75) is 56.9 Å². The molecule has 0 bridgehead atoms. The number of nitrogens with two attached hydrogens (primary N) is 1. The number of carbonyl (C=O) groups excluding carboxylic acids is 2. The second kappa shape index (κ2) is 19.9. The number of hydrogen-bond acceptors (Lipinski definition) is 14. The average molecular weight is 1060 g/mol. The maximum absolute atomic E-state index is 12.5. The SMILES string of the molecule is CS(=O)(=O)CCN.Cc1cc(-c2cnc3c(NCCS(C)(=O)=O)cc(Br)nn23)ccc1C(=O)CC1CC1.Cc1cc(-c2cnc3c(S(C)(=O)=O)cc(Br)nn23)ccc1C(=O)NC1CC1. The summed E-state index contributed by atoms with van der Waals surface area (Å²) in [5.41, 5.74) is 12.8. The molecule has 0 atom stereocenters. The fourth-order valence-corrected chi connectivity index (χ4v) is 9.26. The van der Waals surface area contributed by atoms with Gasteiger partial charge in [0.25, 0.3) is 5.91 Å². The smallest absolute Gasteiger partial charge is 0.251 e. The summed E-state index contributed by atoms with van der Waals surface area (Å²) in [7, 11) is -9.32. The highest BCUT2D eigenvalue weighted by Gasteiger charge is 2.27. The Bertz CT molecular complexity index is 3090. The molecule has 1 amide bonds. The van der Waals surface area contributed by atoms with Gasteiger partial charge in [-0.2, -0.15) is 10.2 Å². The maximum atomic E-state index is 12.5. The standard InChI is InChI=1S/C21H23BrN4O3S.C18H17BrN4O3S.C3H9NO2S/c1-13-9-15(5-6-16(13)19(27)10-14-3-4-14)18-12-24-21-17(11-20(22)25-26(18)21)23-7-8-30(2,28)29;1-10-7-11(3-6-13(10)18(24)21-12-4-5-12)14-9-20-17-15(27(2,25)26)8-16(19)22-23(14)17;1-7(5,6)3-2-4/h5-6,9,11-12,14,23H,3-4,7-8,10H2,1-2H3;3,6-9,12H,4-5H2,1-2H3,(H,21,24);2-4H2,1H3. The molecule has 64 heavy (non-hydrogen) atoms. The van der Waals surface area contributed by atoms with Gasteiger partial charge in [0.15, 0.2) is 26.9 Å². The summed E-state index contributed by atoms with van der Waals surface area (Å²) >= 11 is 6.68. The first kappa shape index (κ1) is 48.8. The number of amides is 1. The third kappa shape index (κ3) is 13.0. The molecule has 2 saturated carbocycles. The Labute approximate surface area is 389 Å². The lowest BCUT2D eigenvalue weighted by atomic mass is 9.98. The van der Waals surface area contributed by atoms with E-state index in [1.54, 1.807) is 29.0 Å². The van der Waals surface area contributed by atoms with Crippen molar-refractivity contribution in [2.24, 2.45) is 11.7 Å². The van der Waals surface area contributed by atoms with Crippen LogP contribution in [0.25, 0.3) is 33.8 Å². The van der Waals surface area contributed by atoms with E-state index in [0.29, 0.717) is 50.2 Å². The molecule has 342 valence electrons. The van der Waals surface area contributed by atoms with Crippen LogP contribution in [0.1, 0.15) is 63.9 Å². The number of nitrogens with one attached hydrogen (secondary N) is 2. The van der Waals surface area contributed by atoms with Crippen molar-refractivity contribution in [3.8, 4) is 22.5 Å². The molecule has 0 aliphatic heterocycles. The molecule has 2 aliphatic rings. The molecule has 8 rings (SSSR count). The number of imidazole rings is 2. The maximum Gasteiger partial charge on any atom is 0.251 e. The molecule has 22 heteroatoms. The van der Waals surface area contributed by atoms with E-state index in [9.17, 15) is 34.8 Å². The van der Waals surface area contributed by atoms with Gasteiger partial charge in [0.2, 0.25) is 0 Å². The van der Waals surface area contributed by atoms with E-state index in [1.165, 1.54) is 23.1 Å². The van der Waals surface area contributed by atoms with Crippen LogP contribution in [0.5, 0.6) is 0 Å². The van der Waals surface area contributed by atoms with Crippen molar-refractivity contribution in [1.82, 2.24) is 34.5 Å². The van der Waals surface area contributed by atoms with Crippen LogP contribution in [0.15, 0.2) is 75.0 Å². The van der Waals surface area contributed by atoms with Gasteiger partial charge >= 0.3 is 0 Å². The Morgan fingerprint density at radius 1 is 0.734 bits per heavy atom. The van der Waals surface area contributed by atoms with Crippen molar-refractivity contribution < 1.29 is 34.8 Å². The average Bonchev–Trinajstić information content (AvgIpc) is 4.10. The summed E-state index contributed by atoms with van der Waals surface area (Å²) in [5.74, 6) is 0.818. The Hall–Kier alpha value is -4.61. The van der Waals surface area contributed by atoms with E-state index < -0.39 is 29.5 Å². The van der Waals surface area contributed by atoms with Crippen LogP contribution in [0.3, 0.4) is 0 Å². The molecular formula is C42H49Br2N9O8S3. The lowest BCUT2D eigenvalue weighted by Crippen LogP contribution is -2.26. The molecule has 4 N–H and O–H groups in total. The van der Waals surface area contributed by atoms with E-state index in [-0.39, 0.29) is 46.8 Å². The van der Waals surface area contributed by atoms with Gasteiger partial charge < -0.3 is 16.4 Å². The van der Waals surface area contributed by atoms with E-state index in [0.717, 1.165) is 65.5 Å². The second-order valence-corrected chi connectivity index (χ2v) is 24.2. The minimum atomic E-state index is -3.46. The van der Waals surface area contributed by atoms with Crippen molar-refractivity contribution in [2.75, 3.05) is 48.7 Å². The van der Waals surface area contributed by atoms with Crippen LogP contribution in [0.2, 0.25) is 0 Å². The molecule has 4 aromatic heterocycles. The lowest BCUT2D eigenvalue weighted by molar-refractivity contribution is 0.0948. The first-order valence-electron chi connectivity index (χ1n) is 20.2. The quantitative estimate of drug-likeness (QED) is 0.112. The van der Waals surface area contributed by atoms with Gasteiger partial charge in [-0.05, 0) is 119 Å². The van der Waals surface area contributed by atoms with Crippen LogP contribution in [0, 0.1) is 19.8 Å². The van der Waals surface area contributed by atoms with Crippen LogP contribution in [-0.2, 0) is 29.5 Å². The Balaban J connectivity index is 0.000000186.